The van der Waals surface area contributed by atoms with Gasteiger partial charge in [0.05, 0.1) is 30.2 Å². The predicted octanol–water partition coefficient (Wildman–Crippen LogP) is 4.35. The fraction of sp³-hybridized carbons (Fsp3) is 0.500. The van der Waals surface area contributed by atoms with Crippen LogP contribution in [0.3, 0.4) is 0 Å². The highest BCUT2D eigenvalue weighted by Gasteiger charge is 2.20. The number of nitrogens with zero attached hydrogens (tertiary/aromatic N) is 2. The summed E-state index contributed by atoms with van der Waals surface area (Å²) in [5.41, 5.74) is 2.69. The minimum absolute atomic E-state index is 0.128. The maximum atomic E-state index is 12.9. The Bertz CT molecular complexity index is 1060. The van der Waals surface area contributed by atoms with E-state index in [2.05, 4.69) is 23.7 Å². The van der Waals surface area contributed by atoms with E-state index in [1.165, 1.54) is 16.9 Å². The van der Waals surface area contributed by atoms with Crippen molar-refractivity contribution in [3.8, 4) is 11.1 Å². The Kier molecular flexibility index (Phi) is 7.31. The second-order valence-electron chi connectivity index (χ2n) is 9.31. The summed E-state index contributed by atoms with van der Waals surface area (Å²) < 4.78 is 5.70. The first-order chi connectivity index (χ1) is 14.5. The van der Waals surface area contributed by atoms with Crippen LogP contribution < -0.4 is 5.56 Å². The van der Waals surface area contributed by atoms with Crippen molar-refractivity contribution in [2.24, 2.45) is 0 Å². The number of fused-ring (bicyclic) bond motifs is 1. The summed E-state index contributed by atoms with van der Waals surface area (Å²) in [4.78, 5) is 23.4. The second kappa shape index (κ2) is 9.61. The maximum Gasteiger partial charge on any atom is 0.260 e. The number of thiophene rings is 1. The van der Waals surface area contributed by atoms with Crippen LogP contribution in [0.25, 0.3) is 21.3 Å². The Morgan fingerprint density at radius 2 is 1.90 bits per heavy atom. The van der Waals surface area contributed by atoms with E-state index in [4.69, 9.17) is 9.72 Å². The van der Waals surface area contributed by atoms with E-state index in [0.29, 0.717) is 24.3 Å². The second-order valence-corrected chi connectivity index (χ2v) is 10.2. The molecule has 2 N–H and O–H groups in total. The molecule has 1 aromatic carbocycles. The lowest BCUT2D eigenvalue weighted by Crippen LogP contribution is -2.40. The number of rotatable bonds is 8. The van der Waals surface area contributed by atoms with E-state index in [-0.39, 0.29) is 23.8 Å². The van der Waals surface area contributed by atoms with Crippen molar-refractivity contribution in [2.75, 3.05) is 13.2 Å². The number of H-pyrrole nitrogens is 1. The van der Waals surface area contributed by atoms with E-state index >= 15 is 0 Å². The number of benzene rings is 1. The van der Waals surface area contributed by atoms with Crippen LogP contribution in [0.5, 0.6) is 0 Å². The number of nitrogens with one attached hydrogen (secondary N) is 1. The lowest BCUT2D eigenvalue weighted by Gasteiger charge is -2.29. The van der Waals surface area contributed by atoms with Crippen LogP contribution in [0.15, 0.2) is 34.4 Å². The highest BCUT2D eigenvalue weighted by molar-refractivity contribution is 7.17. The molecule has 2 aromatic heterocycles. The van der Waals surface area contributed by atoms with Gasteiger partial charge in [-0.2, -0.15) is 0 Å². The molecular formula is C24H33N3O3S. The van der Waals surface area contributed by atoms with Crippen molar-refractivity contribution in [2.45, 2.75) is 65.8 Å². The monoisotopic (exact) mass is 443 g/mol. The molecule has 0 aliphatic rings. The molecule has 1 atom stereocenters. The summed E-state index contributed by atoms with van der Waals surface area (Å²) >= 11 is 1.48. The van der Waals surface area contributed by atoms with Crippen LogP contribution in [0.1, 0.15) is 46.0 Å². The molecule has 2 heterocycles. The van der Waals surface area contributed by atoms with Gasteiger partial charge in [-0.3, -0.25) is 9.69 Å². The molecule has 7 heteroatoms. The van der Waals surface area contributed by atoms with E-state index < -0.39 is 6.10 Å². The van der Waals surface area contributed by atoms with Crippen LogP contribution in [0, 0.1) is 6.92 Å². The van der Waals surface area contributed by atoms with Crippen molar-refractivity contribution in [1.82, 2.24) is 14.9 Å². The lowest BCUT2D eigenvalue weighted by atomic mass is 10.1. The summed E-state index contributed by atoms with van der Waals surface area (Å²) in [6.07, 6.45) is -0.619. The van der Waals surface area contributed by atoms with E-state index in [1.807, 2.05) is 57.3 Å². The third kappa shape index (κ3) is 6.23. The van der Waals surface area contributed by atoms with Gasteiger partial charge in [0.2, 0.25) is 0 Å². The molecule has 31 heavy (non-hydrogen) atoms. The summed E-state index contributed by atoms with van der Waals surface area (Å²) in [6.45, 7) is 13.2. The van der Waals surface area contributed by atoms with Crippen molar-refractivity contribution in [3.63, 3.8) is 0 Å². The van der Waals surface area contributed by atoms with Crippen LogP contribution in [-0.2, 0) is 11.3 Å². The molecule has 168 valence electrons. The number of hydrogen-bond acceptors (Lipinski definition) is 6. The number of aromatic amines is 1. The quantitative estimate of drug-likeness (QED) is 0.541. The van der Waals surface area contributed by atoms with Crippen molar-refractivity contribution in [1.29, 1.82) is 0 Å². The maximum absolute atomic E-state index is 12.9. The van der Waals surface area contributed by atoms with Gasteiger partial charge in [-0.25, -0.2) is 4.98 Å². The van der Waals surface area contributed by atoms with Gasteiger partial charge in [0.15, 0.2) is 0 Å². The van der Waals surface area contributed by atoms with Crippen LogP contribution in [-0.4, -0.2) is 50.9 Å². The lowest BCUT2D eigenvalue weighted by molar-refractivity contribution is -0.0588. The zero-order valence-corrected chi connectivity index (χ0v) is 20.0. The standard InChI is InChI=1S/C24H33N3O3S/c1-15(2)27(11-18(28)13-30-24(4,5)6)12-20-25-22(29)21-19(14-31-23(21)26-20)17-9-7-16(3)8-10-17/h7-10,14-15,18,28H,11-13H2,1-6H3,(H,25,26,29)/t18-/m0/s1. The average Bonchev–Trinajstić information content (AvgIpc) is 3.10. The fourth-order valence-corrected chi connectivity index (χ4v) is 4.30. The molecule has 0 bridgehead atoms. The van der Waals surface area contributed by atoms with Gasteiger partial charge < -0.3 is 14.8 Å². The minimum atomic E-state index is -0.619. The molecule has 0 spiro atoms. The van der Waals surface area contributed by atoms with Gasteiger partial charge >= 0.3 is 0 Å². The third-order valence-electron chi connectivity index (χ3n) is 5.09. The number of aliphatic hydroxyl groups excluding tert-OH is 1. The Labute approximate surface area is 187 Å². The first-order valence-electron chi connectivity index (χ1n) is 10.7. The number of aliphatic hydroxyl groups is 1. The van der Waals surface area contributed by atoms with Crippen LogP contribution >= 0.6 is 11.3 Å². The molecule has 0 unspecified atom stereocenters. The molecule has 3 rings (SSSR count). The third-order valence-corrected chi connectivity index (χ3v) is 5.96. The van der Waals surface area contributed by atoms with Crippen molar-refractivity contribution in [3.05, 3.63) is 51.4 Å². The molecule has 0 aliphatic heterocycles. The molecule has 0 fully saturated rings. The van der Waals surface area contributed by atoms with E-state index in [9.17, 15) is 9.90 Å². The molecule has 0 saturated carbocycles. The number of aromatic nitrogens is 2. The summed E-state index contributed by atoms with van der Waals surface area (Å²) in [7, 11) is 0. The predicted molar refractivity (Wildman–Crippen MR) is 128 cm³/mol. The Morgan fingerprint density at radius 3 is 2.52 bits per heavy atom. The molecule has 0 aliphatic carbocycles. The highest BCUT2D eigenvalue weighted by Crippen LogP contribution is 2.31. The van der Waals surface area contributed by atoms with Gasteiger partial charge in [0, 0.05) is 23.5 Å². The smallest absolute Gasteiger partial charge is 0.260 e. The van der Waals surface area contributed by atoms with Crippen LogP contribution in [0.2, 0.25) is 0 Å². The first kappa shape index (κ1) is 23.6. The van der Waals surface area contributed by atoms with Gasteiger partial charge in [-0.15, -0.1) is 11.3 Å². The summed E-state index contributed by atoms with van der Waals surface area (Å²) in [5, 5.41) is 13.1. The van der Waals surface area contributed by atoms with Crippen molar-refractivity contribution >= 4 is 21.6 Å². The Balaban J connectivity index is 1.80. The zero-order valence-electron chi connectivity index (χ0n) is 19.2. The largest absolute Gasteiger partial charge is 0.389 e. The normalized spacial score (nSPS) is 13.5. The Morgan fingerprint density at radius 1 is 1.23 bits per heavy atom. The van der Waals surface area contributed by atoms with Gasteiger partial charge in [-0.1, -0.05) is 29.8 Å². The van der Waals surface area contributed by atoms with Gasteiger partial charge in [0.25, 0.3) is 5.56 Å². The molecule has 0 radical (unpaired) electrons. The van der Waals surface area contributed by atoms with Crippen molar-refractivity contribution < 1.29 is 9.84 Å². The molecule has 0 amide bonds. The number of hydrogen-bond donors (Lipinski definition) is 2. The SMILES string of the molecule is Cc1ccc(-c2csc3nc(CN(C[C@H](O)COC(C)(C)C)C(C)C)[nH]c(=O)c23)cc1. The van der Waals surface area contributed by atoms with E-state index in [0.717, 1.165) is 16.0 Å². The average molecular weight is 444 g/mol. The summed E-state index contributed by atoms with van der Waals surface area (Å²) in [5.74, 6) is 0.604. The van der Waals surface area contributed by atoms with Gasteiger partial charge in [0.1, 0.15) is 10.7 Å². The molecule has 6 nitrogen and oxygen atoms in total. The first-order valence-corrected chi connectivity index (χ1v) is 11.5. The van der Waals surface area contributed by atoms with E-state index in [1.54, 1.807) is 0 Å². The fourth-order valence-electron chi connectivity index (χ4n) is 3.33. The van der Waals surface area contributed by atoms with Gasteiger partial charge in [-0.05, 0) is 47.1 Å². The molecule has 0 saturated heterocycles. The molecular weight excluding hydrogens is 410 g/mol. The topological polar surface area (TPSA) is 78.5 Å². The number of aryl methyl sites for hydroxylation is 1. The molecule has 3 aromatic rings. The Hall–Kier alpha value is -2.06. The van der Waals surface area contributed by atoms with Crippen LogP contribution in [0.4, 0.5) is 0 Å². The summed E-state index contributed by atoms with van der Waals surface area (Å²) in [6, 6.07) is 8.34. The highest BCUT2D eigenvalue weighted by atomic mass is 32.1. The number of ether oxygens (including phenoxy) is 1. The zero-order chi connectivity index (χ0) is 22.8. The minimum Gasteiger partial charge on any atom is -0.389 e.